The predicted molar refractivity (Wildman–Crippen MR) is 142 cm³/mol. The van der Waals surface area contributed by atoms with E-state index in [2.05, 4.69) is 43.3 Å². The molecule has 34 heavy (non-hydrogen) atoms. The van der Waals surface area contributed by atoms with E-state index >= 15 is 0 Å². The lowest BCUT2D eigenvalue weighted by Crippen LogP contribution is -2.14. The Balaban J connectivity index is 1.32. The van der Waals surface area contributed by atoms with Crippen molar-refractivity contribution in [2.45, 2.75) is 103 Å². The summed E-state index contributed by atoms with van der Waals surface area (Å²) in [6.45, 7) is 2.27. The van der Waals surface area contributed by atoms with Crippen molar-refractivity contribution in [3.05, 3.63) is 71.6 Å². The van der Waals surface area contributed by atoms with E-state index in [1.54, 1.807) is 11.6 Å². The molecule has 2 aliphatic rings. The monoisotopic (exact) mass is 461 g/mol. The van der Waals surface area contributed by atoms with Crippen molar-refractivity contribution >= 4 is 0 Å². The van der Waals surface area contributed by atoms with Crippen molar-refractivity contribution in [3.63, 3.8) is 0 Å². The maximum absolute atomic E-state index is 12.8. The zero-order chi connectivity index (χ0) is 24.0. The molecule has 0 N–H and O–H groups in total. The second-order valence-corrected chi connectivity index (χ2v) is 10.6. The molecule has 1 aromatic carbocycles. The minimum absolute atomic E-state index is 0.719. The summed E-state index contributed by atoms with van der Waals surface area (Å²) in [5, 5.41) is 8.41. The number of nitriles is 1. The maximum atomic E-state index is 12.8. The largest absolute Gasteiger partial charge is 0.199 e. The molecule has 0 amide bonds. The van der Waals surface area contributed by atoms with Gasteiger partial charge in [-0.05, 0) is 118 Å². The lowest BCUT2D eigenvalue weighted by atomic mass is 9.76. The Morgan fingerprint density at radius 2 is 1.59 bits per heavy atom. The number of rotatable bonds is 11. The van der Waals surface area contributed by atoms with E-state index in [9.17, 15) is 4.39 Å². The number of halogens is 1. The minimum Gasteiger partial charge on any atom is -0.195 e. The van der Waals surface area contributed by atoms with Crippen LogP contribution in [0.15, 0.2) is 60.5 Å². The third kappa shape index (κ3) is 9.25. The molecule has 2 fully saturated rings. The molecule has 0 saturated heterocycles. The van der Waals surface area contributed by atoms with E-state index in [0.717, 1.165) is 30.1 Å². The number of benzene rings is 1. The second-order valence-electron chi connectivity index (χ2n) is 10.6. The first-order chi connectivity index (χ1) is 16.7. The van der Waals surface area contributed by atoms with Gasteiger partial charge in [-0.25, -0.2) is 0 Å². The number of nitrogens with zero attached hydrogens (tertiary/aromatic N) is 1. The van der Waals surface area contributed by atoms with Crippen molar-refractivity contribution in [1.82, 2.24) is 0 Å². The Kier molecular flexibility index (Phi) is 11.7. The molecule has 2 aliphatic carbocycles. The molecule has 1 aromatic rings. The molecule has 0 unspecified atom stereocenters. The molecule has 0 radical (unpaired) electrons. The van der Waals surface area contributed by atoms with Gasteiger partial charge in [0.25, 0.3) is 0 Å². The Labute approximate surface area is 207 Å². The fourth-order valence-electron chi connectivity index (χ4n) is 5.78. The van der Waals surface area contributed by atoms with Crippen LogP contribution < -0.4 is 0 Å². The Hall–Kier alpha value is -2.14. The van der Waals surface area contributed by atoms with Crippen molar-refractivity contribution in [3.8, 4) is 6.07 Å². The summed E-state index contributed by atoms with van der Waals surface area (Å²) in [4.78, 5) is 0. The molecular formula is C32H44FN. The zero-order valence-electron chi connectivity index (χ0n) is 21.2. The van der Waals surface area contributed by atoms with Crippen LogP contribution in [0.25, 0.3) is 0 Å². The maximum Gasteiger partial charge on any atom is 0.199 e. The van der Waals surface area contributed by atoms with Gasteiger partial charge in [0.15, 0.2) is 5.83 Å². The highest BCUT2D eigenvalue weighted by Gasteiger charge is 2.22. The Morgan fingerprint density at radius 1 is 0.941 bits per heavy atom. The first-order valence-electron chi connectivity index (χ1n) is 13.9. The number of unbranched alkanes of at least 4 members (excludes halogenated alkanes) is 2. The van der Waals surface area contributed by atoms with Crippen LogP contribution in [0, 0.1) is 29.1 Å². The molecule has 0 aliphatic heterocycles. The van der Waals surface area contributed by atoms with Crippen LogP contribution in [-0.4, -0.2) is 0 Å². The lowest BCUT2D eigenvalue weighted by molar-refractivity contribution is 0.295. The van der Waals surface area contributed by atoms with Crippen molar-refractivity contribution < 1.29 is 4.39 Å². The van der Waals surface area contributed by atoms with Gasteiger partial charge in [0.2, 0.25) is 0 Å². The van der Waals surface area contributed by atoms with E-state index in [-0.39, 0.29) is 0 Å². The highest BCUT2D eigenvalue weighted by Crippen LogP contribution is 2.38. The van der Waals surface area contributed by atoms with Crippen LogP contribution in [0.1, 0.15) is 107 Å². The smallest absolute Gasteiger partial charge is 0.195 e. The summed E-state index contributed by atoms with van der Waals surface area (Å²) in [5.74, 6) is 2.37. The lowest BCUT2D eigenvalue weighted by Gasteiger charge is -2.29. The van der Waals surface area contributed by atoms with Crippen molar-refractivity contribution in [1.29, 1.82) is 5.26 Å². The number of aryl methyl sites for hydroxylation is 1. The molecule has 2 saturated carbocycles. The first kappa shape index (κ1) is 26.5. The van der Waals surface area contributed by atoms with E-state index in [4.69, 9.17) is 5.26 Å². The standard InChI is InChI=1S/C32H44FN/c1-2-3-5-8-27-17-21-30(22-18-27)31-23-19-29(20-24-31)16-15-28-13-11-26(12-14-28)9-6-4-7-10-32(33)25-34/h4,7,10,15-18,21-22,26,28-29,31H,2-3,5-6,8-9,11-14,19-20,23-24H2,1H3/b7-4?,16-15+,32-10?. The quantitative estimate of drug-likeness (QED) is 0.139. The van der Waals surface area contributed by atoms with Crippen LogP contribution in [0.5, 0.6) is 0 Å². The molecule has 0 heterocycles. The van der Waals surface area contributed by atoms with E-state index < -0.39 is 5.83 Å². The zero-order valence-corrected chi connectivity index (χ0v) is 21.2. The van der Waals surface area contributed by atoms with Gasteiger partial charge in [-0.3, -0.25) is 0 Å². The average molecular weight is 462 g/mol. The van der Waals surface area contributed by atoms with Gasteiger partial charge < -0.3 is 0 Å². The topological polar surface area (TPSA) is 23.8 Å². The number of hydrogen-bond acceptors (Lipinski definition) is 1. The summed E-state index contributed by atoms with van der Waals surface area (Å²) in [6, 6.07) is 11.0. The molecule has 3 rings (SSSR count). The highest BCUT2D eigenvalue weighted by molar-refractivity contribution is 5.26. The van der Waals surface area contributed by atoms with E-state index in [1.807, 2.05) is 6.08 Å². The van der Waals surface area contributed by atoms with Crippen molar-refractivity contribution in [2.24, 2.45) is 17.8 Å². The van der Waals surface area contributed by atoms with Gasteiger partial charge in [-0.15, -0.1) is 0 Å². The molecule has 184 valence electrons. The fourth-order valence-corrected chi connectivity index (χ4v) is 5.78. The molecule has 1 nitrogen and oxygen atoms in total. The summed E-state index contributed by atoms with van der Waals surface area (Å²) >= 11 is 0. The highest BCUT2D eigenvalue weighted by atomic mass is 19.1. The SMILES string of the molecule is CCCCCc1ccc(C2CCC(/C=C/C3CCC(CCC=CC=C(F)C#N)CC3)CC2)cc1. The van der Waals surface area contributed by atoms with E-state index in [0.29, 0.717) is 0 Å². The molecule has 0 bridgehead atoms. The van der Waals surface area contributed by atoms with Crippen LogP contribution in [0.3, 0.4) is 0 Å². The third-order valence-electron chi connectivity index (χ3n) is 8.07. The van der Waals surface area contributed by atoms with Crippen molar-refractivity contribution in [2.75, 3.05) is 0 Å². The predicted octanol–water partition coefficient (Wildman–Crippen LogP) is 9.77. The Bertz CT molecular complexity index is 825. The summed E-state index contributed by atoms with van der Waals surface area (Å²) in [6.07, 6.45) is 27.9. The molecule has 2 heteroatoms. The van der Waals surface area contributed by atoms with Gasteiger partial charge >= 0.3 is 0 Å². The summed E-state index contributed by atoms with van der Waals surface area (Å²) in [5.41, 5.74) is 3.06. The van der Waals surface area contributed by atoms with Crippen LogP contribution >= 0.6 is 0 Å². The van der Waals surface area contributed by atoms with Crippen LogP contribution in [0.2, 0.25) is 0 Å². The Morgan fingerprint density at radius 3 is 2.21 bits per heavy atom. The third-order valence-corrected chi connectivity index (χ3v) is 8.07. The molecule has 0 spiro atoms. The average Bonchev–Trinajstić information content (AvgIpc) is 2.89. The molecule has 0 atom stereocenters. The minimum atomic E-state index is -0.719. The van der Waals surface area contributed by atoms with Crippen LogP contribution in [-0.2, 0) is 6.42 Å². The first-order valence-corrected chi connectivity index (χ1v) is 13.9. The molecular weight excluding hydrogens is 417 g/mol. The van der Waals surface area contributed by atoms with Gasteiger partial charge in [0.05, 0.1) is 0 Å². The van der Waals surface area contributed by atoms with Gasteiger partial charge in [0.1, 0.15) is 6.07 Å². The number of allylic oxidation sites excluding steroid dienone is 6. The van der Waals surface area contributed by atoms with Gasteiger partial charge in [0, 0.05) is 0 Å². The normalized spacial score (nSPS) is 26.2. The summed E-state index contributed by atoms with van der Waals surface area (Å²) in [7, 11) is 0. The van der Waals surface area contributed by atoms with Gasteiger partial charge in [-0.1, -0.05) is 68.3 Å². The number of hydrogen-bond donors (Lipinski definition) is 0. The van der Waals surface area contributed by atoms with Gasteiger partial charge in [-0.2, -0.15) is 9.65 Å². The fraction of sp³-hybridized carbons (Fsp3) is 0.594. The molecule has 0 aromatic heterocycles. The van der Waals surface area contributed by atoms with E-state index in [1.165, 1.54) is 101 Å². The summed E-state index contributed by atoms with van der Waals surface area (Å²) < 4.78 is 12.8. The van der Waals surface area contributed by atoms with Crippen LogP contribution in [0.4, 0.5) is 4.39 Å². The second kappa shape index (κ2) is 15.0.